The second-order valence-electron chi connectivity index (χ2n) is 7.50. The van der Waals surface area contributed by atoms with Gasteiger partial charge in [-0.2, -0.15) is 0 Å². The minimum absolute atomic E-state index is 0.313. The molecule has 0 radical (unpaired) electrons. The molecule has 4 rings (SSSR count). The Labute approximate surface area is 170 Å². The molecule has 0 unspecified atom stereocenters. The van der Waals surface area contributed by atoms with Crippen LogP contribution in [0.25, 0.3) is 10.8 Å². The first-order valence-electron chi connectivity index (χ1n) is 10.0. The van der Waals surface area contributed by atoms with Crippen LogP contribution >= 0.6 is 11.6 Å². The van der Waals surface area contributed by atoms with Gasteiger partial charge < -0.3 is 10.1 Å². The minimum atomic E-state index is -0.336. The van der Waals surface area contributed by atoms with Crippen LogP contribution in [0.15, 0.2) is 54.6 Å². The van der Waals surface area contributed by atoms with Crippen LogP contribution in [-0.4, -0.2) is 6.04 Å². The van der Waals surface area contributed by atoms with Crippen LogP contribution in [0.5, 0.6) is 5.75 Å². The first-order valence-corrected chi connectivity index (χ1v) is 10.4. The molecule has 1 aliphatic carbocycles. The summed E-state index contributed by atoms with van der Waals surface area (Å²) in [6.07, 6.45) is 6.44. The Morgan fingerprint density at radius 1 is 1.00 bits per heavy atom. The normalized spacial score (nSPS) is 15.1. The SMILES string of the molecule is Fc1ccc(COc2ccc3ccccc3c2CNC2CCCCC2)c(Cl)c1. The van der Waals surface area contributed by atoms with E-state index in [1.165, 1.54) is 60.6 Å². The Morgan fingerprint density at radius 2 is 1.82 bits per heavy atom. The van der Waals surface area contributed by atoms with Crippen molar-refractivity contribution in [2.24, 2.45) is 0 Å². The van der Waals surface area contributed by atoms with E-state index in [1.807, 2.05) is 6.07 Å². The van der Waals surface area contributed by atoms with E-state index in [-0.39, 0.29) is 5.82 Å². The first-order chi connectivity index (χ1) is 13.7. The van der Waals surface area contributed by atoms with Crippen LogP contribution in [0.2, 0.25) is 5.02 Å². The lowest BCUT2D eigenvalue weighted by atomic mass is 9.95. The largest absolute Gasteiger partial charge is 0.488 e. The summed E-state index contributed by atoms with van der Waals surface area (Å²) in [7, 11) is 0. The topological polar surface area (TPSA) is 21.3 Å². The van der Waals surface area contributed by atoms with Gasteiger partial charge in [0.1, 0.15) is 18.2 Å². The minimum Gasteiger partial charge on any atom is -0.488 e. The predicted octanol–water partition coefficient (Wildman–Crippen LogP) is 6.63. The maximum absolute atomic E-state index is 13.3. The Balaban J connectivity index is 1.57. The van der Waals surface area contributed by atoms with Crippen molar-refractivity contribution in [1.82, 2.24) is 5.32 Å². The lowest BCUT2D eigenvalue weighted by Gasteiger charge is -2.24. The fraction of sp³-hybridized carbons (Fsp3) is 0.333. The van der Waals surface area contributed by atoms with Crippen LogP contribution < -0.4 is 10.1 Å². The van der Waals surface area contributed by atoms with Gasteiger partial charge in [-0.3, -0.25) is 0 Å². The third-order valence-corrected chi connectivity index (χ3v) is 5.92. The van der Waals surface area contributed by atoms with Crippen LogP contribution in [0.4, 0.5) is 4.39 Å². The Bertz CT molecular complexity index is 952. The molecular formula is C24H25ClFNO. The van der Waals surface area contributed by atoms with Crippen molar-refractivity contribution < 1.29 is 9.13 Å². The average molecular weight is 398 g/mol. The lowest BCUT2D eigenvalue weighted by molar-refractivity contribution is 0.300. The summed E-state index contributed by atoms with van der Waals surface area (Å²) < 4.78 is 19.4. The van der Waals surface area contributed by atoms with Crippen molar-refractivity contribution in [2.45, 2.75) is 51.3 Å². The molecule has 1 N–H and O–H groups in total. The van der Waals surface area contributed by atoms with Gasteiger partial charge in [0.15, 0.2) is 0 Å². The summed E-state index contributed by atoms with van der Waals surface area (Å²) in [6, 6.07) is 17.5. The number of fused-ring (bicyclic) bond motifs is 1. The van der Waals surface area contributed by atoms with Gasteiger partial charge in [-0.05, 0) is 41.8 Å². The number of halogens is 2. The Hall–Kier alpha value is -2.10. The fourth-order valence-corrected chi connectivity index (χ4v) is 4.20. The highest BCUT2D eigenvalue weighted by Crippen LogP contribution is 2.30. The summed E-state index contributed by atoms with van der Waals surface area (Å²) in [5, 5.41) is 6.53. The highest BCUT2D eigenvalue weighted by Gasteiger charge is 2.15. The number of nitrogens with one attached hydrogen (secondary N) is 1. The molecule has 3 aromatic carbocycles. The van der Waals surface area contributed by atoms with Gasteiger partial charge >= 0.3 is 0 Å². The molecule has 4 heteroatoms. The quantitative estimate of drug-likeness (QED) is 0.503. The third-order valence-electron chi connectivity index (χ3n) is 5.57. The number of hydrogen-bond donors (Lipinski definition) is 1. The lowest BCUT2D eigenvalue weighted by Crippen LogP contribution is -2.30. The highest BCUT2D eigenvalue weighted by atomic mass is 35.5. The maximum Gasteiger partial charge on any atom is 0.124 e. The molecule has 0 aromatic heterocycles. The van der Waals surface area contributed by atoms with Crippen molar-refractivity contribution in [3.63, 3.8) is 0 Å². The Kier molecular flexibility index (Phi) is 6.13. The molecule has 0 saturated heterocycles. The van der Waals surface area contributed by atoms with E-state index < -0.39 is 0 Å². The molecule has 146 valence electrons. The van der Waals surface area contributed by atoms with Crippen LogP contribution in [0.1, 0.15) is 43.2 Å². The molecule has 0 atom stereocenters. The molecule has 3 aromatic rings. The summed E-state index contributed by atoms with van der Waals surface area (Å²) >= 11 is 6.16. The van der Waals surface area contributed by atoms with Crippen molar-refractivity contribution >= 4 is 22.4 Å². The highest BCUT2D eigenvalue weighted by molar-refractivity contribution is 6.31. The second kappa shape index (κ2) is 8.93. The van der Waals surface area contributed by atoms with Crippen molar-refractivity contribution in [2.75, 3.05) is 0 Å². The molecule has 0 heterocycles. The zero-order valence-corrected chi connectivity index (χ0v) is 16.6. The molecule has 1 fully saturated rings. The van der Waals surface area contributed by atoms with Crippen molar-refractivity contribution in [1.29, 1.82) is 0 Å². The van der Waals surface area contributed by atoms with Gasteiger partial charge in [0, 0.05) is 23.7 Å². The van der Waals surface area contributed by atoms with Crippen LogP contribution in [0, 0.1) is 5.82 Å². The van der Waals surface area contributed by atoms with E-state index >= 15 is 0 Å². The van der Waals surface area contributed by atoms with Crippen LogP contribution in [-0.2, 0) is 13.2 Å². The molecule has 28 heavy (non-hydrogen) atoms. The van der Waals surface area contributed by atoms with E-state index in [4.69, 9.17) is 16.3 Å². The number of ether oxygens (including phenoxy) is 1. The van der Waals surface area contributed by atoms with E-state index in [0.29, 0.717) is 17.7 Å². The molecule has 1 saturated carbocycles. The van der Waals surface area contributed by atoms with Gasteiger partial charge in [-0.1, -0.05) is 67.3 Å². The van der Waals surface area contributed by atoms with E-state index in [9.17, 15) is 4.39 Å². The van der Waals surface area contributed by atoms with Gasteiger partial charge in [0.25, 0.3) is 0 Å². The van der Waals surface area contributed by atoms with Crippen molar-refractivity contribution in [3.05, 3.63) is 76.6 Å². The number of benzene rings is 3. The van der Waals surface area contributed by atoms with Gasteiger partial charge in [-0.15, -0.1) is 0 Å². The molecule has 1 aliphatic rings. The summed E-state index contributed by atoms with van der Waals surface area (Å²) in [4.78, 5) is 0. The third kappa shape index (κ3) is 4.48. The molecule has 2 nitrogen and oxygen atoms in total. The smallest absolute Gasteiger partial charge is 0.124 e. The fourth-order valence-electron chi connectivity index (χ4n) is 3.98. The summed E-state index contributed by atoms with van der Waals surface area (Å²) in [5.74, 6) is 0.513. The number of rotatable bonds is 6. The van der Waals surface area contributed by atoms with Gasteiger partial charge in [0.05, 0.1) is 5.02 Å². The zero-order chi connectivity index (χ0) is 19.3. The second-order valence-corrected chi connectivity index (χ2v) is 7.91. The predicted molar refractivity (Wildman–Crippen MR) is 113 cm³/mol. The zero-order valence-electron chi connectivity index (χ0n) is 15.9. The summed E-state index contributed by atoms with van der Waals surface area (Å²) in [5.41, 5.74) is 1.95. The molecule has 0 bridgehead atoms. The van der Waals surface area contributed by atoms with Gasteiger partial charge in [0.2, 0.25) is 0 Å². The monoisotopic (exact) mass is 397 g/mol. The molecule has 0 amide bonds. The number of hydrogen-bond acceptors (Lipinski definition) is 2. The Morgan fingerprint density at radius 3 is 2.64 bits per heavy atom. The van der Waals surface area contributed by atoms with E-state index in [1.54, 1.807) is 6.07 Å². The van der Waals surface area contributed by atoms with Crippen molar-refractivity contribution in [3.8, 4) is 5.75 Å². The summed E-state index contributed by atoms with van der Waals surface area (Å²) in [6.45, 7) is 1.09. The van der Waals surface area contributed by atoms with E-state index in [0.717, 1.165) is 17.9 Å². The van der Waals surface area contributed by atoms with E-state index in [2.05, 4.69) is 35.6 Å². The standard InChI is InChI=1S/C24H25ClFNO/c25-23-14-19(26)12-10-18(23)16-28-24-13-11-17-6-4-5-9-21(17)22(24)15-27-20-7-2-1-3-8-20/h4-6,9-14,20,27H,1-3,7-8,15-16H2. The molecular weight excluding hydrogens is 373 g/mol. The molecule has 0 spiro atoms. The van der Waals surface area contributed by atoms with Crippen LogP contribution in [0.3, 0.4) is 0 Å². The first kappa shape index (κ1) is 19.2. The molecule has 0 aliphatic heterocycles. The average Bonchev–Trinajstić information content (AvgIpc) is 2.72. The maximum atomic E-state index is 13.3. The van der Waals surface area contributed by atoms with Gasteiger partial charge in [-0.25, -0.2) is 4.39 Å².